The summed E-state index contributed by atoms with van der Waals surface area (Å²) in [6, 6.07) is 10.6. The lowest BCUT2D eigenvalue weighted by molar-refractivity contribution is -0.135. The van der Waals surface area contributed by atoms with E-state index in [1.54, 1.807) is 4.90 Å². The second-order valence-electron chi connectivity index (χ2n) is 6.37. The van der Waals surface area contributed by atoms with Crippen molar-refractivity contribution < 1.29 is 9.53 Å². The number of hydrogen-bond acceptors (Lipinski definition) is 3. The Morgan fingerprint density at radius 1 is 1.29 bits per heavy atom. The highest BCUT2D eigenvalue weighted by Gasteiger charge is 2.44. The SMILES string of the molecule is CN(C)C(=O)[C@H]1C[C@@H]2CN(CCc3ccccc3)C[C@H]1O2. The normalized spacial score (nSPS) is 28.6. The number of carbonyl (C=O) groups excluding carboxylic acids is 1. The van der Waals surface area contributed by atoms with Crippen molar-refractivity contribution in [2.75, 3.05) is 33.7 Å². The summed E-state index contributed by atoms with van der Waals surface area (Å²) in [5.74, 6) is 0.263. The van der Waals surface area contributed by atoms with Crippen LogP contribution in [-0.4, -0.2) is 61.6 Å². The zero-order chi connectivity index (χ0) is 14.8. The van der Waals surface area contributed by atoms with E-state index in [0.717, 1.165) is 32.5 Å². The lowest BCUT2D eigenvalue weighted by Crippen LogP contribution is -2.45. The third kappa shape index (κ3) is 3.27. The quantitative estimate of drug-likeness (QED) is 0.840. The molecular formula is C17H24N2O2. The standard InChI is InChI=1S/C17H24N2O2/c1-18(2)17(20)15-10-14-11-19(12-16(15)21-14)9-8-13-6-4-3-5-7-13/h3-7,14-16H,8-12H2,1-2H3/t14-,15+,16-/m1/s1. The Bertz CT molecular complexity index is 489. The van der Waals surface area contributed by atoms with Gasteiger partial charge in [0.2, 0.25) is 5.91 Å². The Morgan fingerprint density at radius 2 is 2.05 bits per heavy atom. The molecule has 4 nitrogen and oxygen atoms in total. The second-order valence-corrected chi connectivity index (χ2v) is 6.37. The number of benzene rings is 1. The lowest BCUT2D eigenvalue weighted by atomic mass is 9.99. The van der Waals surface area contributed by atoms with Gasteiger partial charge in [0.1, 0.15) is 0 Å². The van der Waals surface area contributed by atoms with Crippen LogP contribution in [0.5, 0.6) is 0 Å². The molecule has 2 saturated heterocycles. The number of likely N-dealkylation sites (tertiary alicyclic amines) is 1. The summed E-state index contributed by atoms with van der Waals surface area (Å²) in [7, 11) is 3.66. The van der Waals surface area contributed by atoms with Crippen LogP contribution in [0.25, 0.3) is 0 Å². The van der Waals surface area contributed by atoms with Crippen molar-refractivity contribution in [3.8, 4) is 0 Å². The van der Waals surface area contributed by atoms with Crippen molar-refractivity contribution in [3.05, 3.63) is 35.9 Å². The molecular weight excluding hydrogens is 264 g/mol. The van der Waals surface area contributed by atoms with Crippen molar-refractivity contribution in [1.29, 1.82) is 0 Å². The number of nitrogens with zero attached hydrogens (tertiary/aromatic N) is 2. The molecule has 0 aromatic heterocycles. The van der Waals surface area contributed by atoms with Gasteiger partial charge in [0.05, 0.1) is 18.1 Å². The first kappa shape index (κ1) is 14.5. The summed E-state index contributed by atoms with van der Waals surface area (Å²) < 4.78 is 5.97. The first-order valence-corrected chi connectivity index (χ1v) is 7.76. The van der Waals surface area contributed by atoms with Crippen molar-refractivity contribution in [3.63, 3.8) is 0 Å². The van der Waals surface area contributed by atoms with Crippen molar-refractivity contribution in [2.45, 2.75) is 25.0 Å². The van der Waals surface area contributed by atoms with Crippen LogP contribution in [0.2, 0.25) is 0 Å². The summed E-state index contributed by atoms with van der Waals surface area (Å²) in [4.78, 5) is 16.4. The number of amides is 1. The summed E-state index contributed by atoms with van der Waals surface area (Å²) in [5.41, 5.74) is 1.37. The Hall–Kier alpha value is -1.39. The minimum absolute atomic E-state index is 0.0479. The van der Waals surface area contributed by atoms with Crippen molar-refractivity contribution >= 4 is 5.91 Å². The summed E-state index contributed by atoms with van der Waals surface area (Å²) in [5, 5.41) is 0. The number of ether oxygens (including phenoxy) is 1. The molecule has 4 heteroatoms. The van der Waals surface area contributed by atoms with E-state index in [1.165, 1.54) is 5.56 Å². The number of rotatable bonds is 4. The van der Waals surface area contributed by atoms with E-state index in [9.17, 15) is 4.79 Å². The van der Waals surface area contributed by atoms with Gasteiger partial charge in [-0.15, -0.1) is 0 Å². The zero-order valence-electron chi connectivity index (χ0n) is 12.9. The fourth-order valence-corrected chi connectivity index (χ4v) is 3.44. The van der Waals surface area contributed by atoms with E-state index in [0.29, 0.717) is 0 Å². The molecule has 2 bridgehead atoms. The van der Waals surface area contributed by atoms with E-state index >= 15 is 0 Å². The van der Waals surface area contributed by atoms with Gasteiger partial charge in [0, 0.05) is 33.7 Å². The molecule has 114 valence electrons. The van der Waals surface area contributed by atoms with Crippen LogP contribution in [0.3, 0.4) is 0 Å². The summed E-state index contributed by atoms with van der Waals surface area (Å²) >= 11 is 0. The molecule has 1 aromatic rings. The van der Waals surface area contributed by atoms with Crippen LogP contribution < -0.4 is 0 Å². The van der Waals surface area contributed by atoms with Gasteiger partial charge >= 0.3 is 0 Å². The van der Waals surface area contributed by atoms with Crippen LogP contribution >= 0.6 is 0 Å². The van der Waals surface area contributed by atoms with Gasteiger partial charge in [-0.2, -0.15) is 0 Å². The molecule has 0 unspecified atom stereocenters. The van der Waals surface area contributed by atoms with E-state index in [4.69, 9.17) is 4.74 Å². The topological polar surface area (TPSA) is 32.8 Å². The molecule has 1 amide bonds. The predicted molar refractivity (Wildman–Crippen MR) is 82.0 cm³/mol. The van der Waals surface area contributed by atoms with Crippen LogP contribution in [0.1, 0.15) is 12.0 Å². The van der Waals surface area contributed by atoms with Gasteiger partial charge in [-0.3, -0.25) is 9.69 Å². The minimum atomic E-state index is 0.0479. The minimum Gasteiger partial charge on any atom is -0.371 e. The second kappa shape index (κ2) is 6.16. The molecule has 2 fully saturated rings. The first-order valence-electron chi connectivity index (χ1n) is 7.76. The molecule has 3 rings (SSSR count). The fraction of sp³-hybridized carbons (Fsp3) is 0.588. The van der Waals surface area contributed by atoms with E-state index < -0.39 is 0 Å². The molecule has 0 N–H and O–H groups in total. The maximum absolute atomic E-state index is 12.2. The third-order valence-corrected chi connectivity index (χ3v) is 4.55. The average Bonchev–Trinajstić information content (AvgIpc) is 2.80. The molecule has 2 aliphatic heterocycles. The van der Waals surface area contributed by atoms with Gasteiger partial charge in [-0.05, 0) is 18.4 Å². The molecule has 21 heavy (non-hydrogen) atoms. The molecule has 2 heterocycles. The van der Waals surface area contributed by atoms with Crippen molar-refractivity contribution in [1.82, 2.24) is 9.80 Å². The van der Waals surface area contributed by atoms with Crippen LogP contribution in [0.4, 0.5) is 0 Å². The number of hydrogen-bond donors (Lipinski definition) is 0. The van der Waals surface area contributed by atoms with Crippen LogP contribution in [0.15, 0.2) is 30.3 Å². The first-order chi connectivity index (χ1) is 10.1. The van der Waals surface area contributed by atoms with Gasteiger partial charge in [0.25, 0.3) is 0 Å². The smallest absolute Gasteiger partial charge is 0.227 e. The molecule has 0 radical (unpaired) electrons. The molecule has 0 saturated carbocycles. The lowest BCUT2D eigenvalue weighted by Gasteiger charge is -2.33. The zero-order valence-corrected chi connectivity index (χ0v) is 12.9. The highest BCUT2D eigenvalue weighted by atomic mass is 16.5. The van der Waals surface area contributed by atoms with E-state index in [1.807, 2.05) is 14.1 Å². The largest absolute Gasteiger partial charge is 0.371 e. The molecule has 0 aliphatic carbocycles. The maximum Gasteiger partial charge on any atom is 0.227 e. The molecule has 3 atom stereocenters. The predicted octanol–water partition coefficient (Wildman–Crippen LogP) is 1.41. The Balaban J connectivity index is 1.56. The third-order valence-electron chi connectivity index (χ3n) is 4.55. The Labute approximate surface area is 126 Å². The van der Waals surface area contributed by atoms with E-state index in [2.05, 4.69) is 35.2 Å². The summed E-state index contributed by atoms with van der Waals surface area (Å²) in [6.07, 6.45) is 2.25. The Morgan fingerprint density at radius 3 is 2.76 bits per heavy atom. The average molecular weight is 288 g/mol. The maximum atomic E-state index is 12.2. The number of carbonyl (C=O) groups is 1. The van der Waals surface area contributed by atoms with Crippen LogP contribution in [-0.2, 0) is 16.0 Å². The Kier molecular flexibility index (Phi) is 4.27. The van der Waals surface area contributed by atoms with E-state index in [-0.39, 0.29) is 24.0 Å². The molecule has 1 aromatic carbocycles. The van der Waals surface area contributed by atoms with Gasteiger partial charge in [-0.1, -0.05) is 30.3 Å². The fourth-order valence-electron chi connectivity index (χ4n) is 3.44. The number of fused-ring (bicyclic) bond motifs is 2. The van der Waals surface area contributed by atoms with Gasteiger partial charge in [0.15, 0.2) is 0 Å². The van der Waals surface area contributed by atoms with Gasteiger partial charge < -0.3 is 9.64 Å². The summed E-state index contributed by atoms with van der Waals surface area (Å²) in [6.45, 7) is 2.89. The van der Waals surface area contributed by atoms with Gasteiger partial charge in [-0.25, -0.2) is 0 Å². The monoisotopic (exact) mass is 288 g/mol. The van der Waals surface area contributed by atoms with Crippen LogP contribution in [0, 0.1) is 5.92 Å². The molecule has 0 spiro atoms. The van der Waals surface area contributed by atoms with Crippen molar-refractivity contribution in [2.24, 2.45) is 5.92 Å². The highest BCUT2D eigenvalue weighted by molar-refractivity contribution is 5.79. The molecule has 2 aliphatic rings. The number of morpholine rings is 1. The highest BCUT2D eigenvalue weighted by Crippen LogP contribution is 2.32.